The van der Waals surface area contributed by atoms with Crippen LogP contribution in [0.4, 0.5) is 5.00 Å². The molecule has 158 valence electrons. The fourth-order valence-electron chi connectivity index (χ4n) is 4.15. The topological polar surface area (TPSA) is 54.7 Å². The number of benzene rings is 1. The first-order chi connectivity index (χ1) is 14.6. The van der Waals surface area contributed by atoms with Gasteiger partial charge in [-0.3, -0.25) is 9.69 Å². The van der Waals surface area contributed by atoms with Crippen LogP contribution >= 0.6 is 11.3 Å². The normalized spacial score (nSPS) is 16.4. The molecule has 0 bridgehead atoms. The highest BCUT2D eigenvalue weighted by molar-refractivity contribution is 7.16. The minimum Gasteiger partial charge on any atom is -0.496 e. The summed E-state index contributed by atoms with van der Waals surface area (Å²) >= 11 is 1.60. The molecule has 1 aliphatic heterocycles. The van der Waals surface area contributed by atoms with Gasteiger partial charge in [-0.05, 0) is 63.0 Å². The van der Waals surface area contributed by atoms with Crippen LogP contribution < -0.4 is 10.1 Å². The molecule has 4 rings (SSSR count). The number of hydrogen-bond acceptors (Lipinski definition) is 5. The number of carbonyl (C=O) groups is 1. The van der Waals surface area contributed by atoms with Crippen LogP contribution in [-0.4, -0.2) is 31.0 Å². The van der Waals surface area contributed by atoms with Gasteiger partial charge < -0.3 is 14.5 Å². The van der Waals surface area contributed by atoms with Crippen LogP contribution in [0.1, 0.15) is 52.4 Å². The Morgan fingerprint density at radius 1 is 1.20 bits per heavy atom. The van der Waals surface area contributed by atoms with Gasteiger partial charge in [0, 0.05) is 16.0 Å². The van der Waals surface area contributed by atoms with E-state index in [1.165, 1.54) is 19.1 Å². The number of anilines is 1. The van der Waals surface area contributed by atoms with E-state index in [1.54, 1.807) is 30.6 Å². The summed E-state index contributed by atoms with van der Waals surface area (Å²) in [7, 11) is 1.71. The molecule has 0 saturated carbocycles. The second-order valence-corrected chi connectivity index (χ2v) is 9.19. The number of aryl methyl sites for hydroxylation is 1. The second-order valence-electron chi connectivity index (χ2n) is 7.94. The summed E-state index contributed by atoms with van der Waals surface area (Å²) in [6.45, 7) is 6.43. The van der Waals surface area contributed by atoms with E-state index in [9.17, 15) is 4.79 Å². The van der Waals surface area contributed by atoms with Crippen molar-refractivity contribution < 1.29 is 13.9 Å². The van der Waals surface area contributed by atoms with Crippen molar-refractivity contribution in [2.75, 3.05) is 25.5 Å². The zero-order valence-corrected chi connectivity index (χ0v) is 18.5. The number of amides is 1. The van der Waals surface area contributed by atoms with E-state index in [0.717, 1.165) is 45.8 Å². The van der Waals surface area contributed by atoms with Crippen LogP contribution in [-0.2, 0) is 0 Å². The molecule has 1 atom stereocenters. The Labute approximate surface area is 181 Å². The highest BCUT2D eigenvalue weighted by atomic mass is 32.1. The van der Waals surface area contributed by atoms with E-state index in [-0.39, 0.29) is 11.9 Å². The van der Waals surface area contributed by atoms with Gasteiger partial charge in [-0.2, -0.15) is 0 Å². The highest BCUT2D eigenvalue weighted by Crippen LogP contribution is 2.43. The van der Waals surface area contributed by atoms with Crippen molar-refractivity contribution in [3.05, 3.63) is 70.5 Å². The summed E-state index contributed by atoms with van der Waals surface area (Å²) < 4.78 is 11.0. The Balaban J connectivity index is 1.75. The Morgan fingerprint density at radius 3 is 2.67 bits per heavy atom. The Morgan fingerprint density at radius 2 is 1.97 bits per heavy atom. The number of rotatable bonds is 6. The van der Waals surface area contributed by atoms with Gasteiger partial charge in [0.15, 0.2) is 5.76 Å². The van der Waals surface area contributed by atoms with Gasteiger partial charge in [-0.25, -0.2) is 0 Å². The lowest BCUT2D eigenvalue weighted by Crippen LogP contribution is -2.37. The van der Waals surface area contributed by atoms with Gasteiger partial charge in [0.1, 0.15) is 10.8 Å². The molecule has 1 fully saturated rings. The quantitative estimate of drug-likeness (QED) is 0.549. The van der Waals surface area contributed by atoms with E-state index in [2.05, 4.69) is 42.3 Å². The summed E-state index contributed by atoms with van der Waals surface area (Å²) in [5, 5.41) is 3.95. The molecule has 0 aliphatic carbocycles. The van der Waals surface area contributed by atoms with Crippen LogP contribution in [0.2, 0.25) is 0 Å². The van der Waals surface area contributed by atoms with Crippen molar-refractivity contribution in [1.29, 1.82) is 0 Å². The van der Waals surface area contributed by atoms with Crippen molar-refractivity contribution in [1.82, 2.24) is 4.90 Å². The van der Waals surface area contributed by atoms with Gasteiger partial charge in [-0.1, -0.05) is 25.1 Å². The molecule has 1 amide bonds. The summed E-state index contributed by atoms with van der Waals surface area (Å²) in [5.41, 5.74) is 2.23. The third kappa shape index (κ3) is 4.30. The maximum absolute atomic E-state index is 12.7. The van der Waals surface area contributed by atoms with Crippen LogP contribution in [0.3, 0.4) is 0 Å². The minimum absolute atomic E-state index is 0.0190. The first-order valence-corrected chi connectivity index (χ1v) is 11.2. The van der Waals surface area contributed by atoms with Crippen molar-refractivity contribution in [2.24, 2.45) is 5.92 Å². The number of carbonyl (C=O) groups excluding carboxylic acids is 1. The molecule has 1 saturated heterocycles. The van der Waals surface area contributed by atoms with Crippen molar-refractivity contribution in [3.63, 3.8) is 0 Å². The average Bonchev–Trinajstić information content (AvgIpc) is 3.40. The first kappa shape index (κ1) is 20.7. The summed E-state index contributed by atoms with van der Waals surface area (Å²) in [5.74, 6) is 1.69. The molecule has 0 spiro atoms. The molecule has 30 heavy (non-hydrogen) atoms. The number of likely N-dealkylation sites (tertiary alicyclic amines) is 1. The number of nitrogens with one attached hydrogen (secondary N) is 1. The molecule has 1 aromatic carbocycles. The van der Waals surface area contributed by atoms with Crippen LogP contribution in [0, 0.1) is 12.8 Å². The van der Waals surface area contributed by atoms with Crippen LogP contribution in [0.15, 0.2) is 53.1 Å². The molecule has 6 heteroatoms. The minimum atomic E-state index is -0.228. The van der Waals surface area contributed by atoms with E-state index in [1.807, 2.05) is 12.1 Å². The first-order valence-electron chi connectivity index (χ1n) is 10.4. The van der Waals surface area contributed by atoms with Gasteiger partial charge >= 0.3 is 0 Å². The lowest BCUT2D eigenvalue weighted by molar-refractivity contribution is 0.0996. The fourth-order valence-corrected chi connectivity index (χ4v) is 5.09. The largest absolute Gasteiger partial charge is 0.496 e. The molecule has 0 radical (unpaired) electrons. The number of nitrogens with zero attached hydrogens (tertiary/aromatic N) is 1. The molecule has 1 unspecified atom stereocenters. The van der Waals surface area contributed by atoms with Gasteiger partial charge in [-0.15, -0.1) is 11.3 Å². The van der Waals surface area contributed by atoms with Crippen molar-refractivity contribution in [2.45, 2.75) is 32.7 Å². The number of thiophene rings is 1. The lowest BCUT2D eigenvalue weighted by Gasteiger charge is -2.37. The molecule has 3 heterocycles. The average molecular weight is 425 g/mol. The lowest BCUT2D eigenvalue weighted by atomic mass is 9.92. The molecular weight excluding hydrogens is 396 g/mol. The summed E-state index contributed by atoms with van der Waals surface area (Å²) in [6.07, 6.45) is 3.85. The maximum atomic E-state index is 12.7. The summed E-state index contributed by atoms with van der Waals surface area (Å²) in [6, 6.07) is 13.8. The molecule has 1 N–H and O–H groups in total. The second kappa shape index (κ2) is 9.06. The molecule has 5 nitrogen and oxygen atoms in total. The van der Waals surface area contributed by atoms with E-state index in [0.29, 0.717) is 5.76 Å². The monoisotopic (exact) mass is 424 g/mol. The predicted molar refractivity (Wildman–Crippen MR) is 121 cm³/mol. The van der Waals surface area contributed by atoms with Gasteiger partial charge in [0.05, 0.1) is 19.4 Å². The van der Waals surface area contributed by atoms with Crippen LogP contribution in [0.5, 0.6) is 5.75 Å². The predicted octanol–water partition coefficient (Wildman–Crippen LogP) is 5.73. The molecule has 3 aromatic rings. The summed E-state index contributed by atoms with van der Waals surface area (Å²) in [4.78, 5) is 16.4. The SMILES string of the molecule is COc1ccccc1C(c1cc(C)sc1NC(=O)c1ccco1)N1CCC(C)CC1. The zero-order valence-electron chi connectivity index (χ0n) is 17.7. The van der Waals surface area contributed by atoms with Crippen molar-refractivity contribution >= 4 is 22.2 Å². The standard InChI is InChI=1S/C24H28N2O3S/c1-16-10-12-26(13-11-16)22(18-7-4-5-8-20(18)28-3)19-15-17(2)30-24(19)25-23(27)21-9-6-14-29-21/h4-9,14-16,22H,10-13H2,1-3H3,(H,25,27). The number of hydrogen-bond donors (Lipinski definition) is 1. The highest BCUT2D eigenvalue weighted by Gasteiger charge is 2.31. The number of para-hydroxylation sites is 1. The fraction of sp³-hybridized carbons (Fsp3) is 0.375. The maximum Gasteiger partial charge on any atom is 0.291 e. The molecular formula is C24H28N2O3S. The Hall–Kier alpha value is -2.57. The molecule has 2 aromatic heterocycles. The number of furan rings is 1. The third-order valence-electron chi connectivity index (χ3n) is 5.77. The Bertz CT molecular complexity index is 988. The van der Waals surface area contributed by atoms with E-state index < -0.39 is 0 Å². The number of piperidine rings is 1. The van der Waals surface area contributed by atoms with Gasteiger partial charge in [0.2, 0.25) is 0 Å². The van der Waals surface area contributed by atoms with Crippen molar-refractivity contribution in [3.8, 4) is 5.75 Å². The molecule has 1 aliphatic rings. The third-order valence-corrected chi connectivity index (χ3v) is 6.75. The van der Waals surface area contributed by atoms with Gasteiger partial charge in [0.25, 0.3) is 5.91 Å². The Kier molecular flexibility index (Phi) is 6.25. The van der Waals surface area contributed by atoms with Crippen LogP contribution in [0.25, 0.3) is 0 Å². The number of ether oxygens (including phenoxy) is 1. The smallest absolute Gasteiger partial charge is 0.291 e. The van der Waals surface area contributed by atoms with E-state index >= 15 is 0 Å². The van der Waals surface area contributed by atoms with E-state index in [4.69, 9.17) is 9.15 Å². The number of methoxy groups -OCH3 is 1. The zero-order chi connectivity index (χ0) is 21.1.